The Morgan fingerprint density at radius 3 is 2.59 bits per heavy atom. The first-order valence-electron chi connectivity index (χ1n) is 6.61. The van der Waals surface area contributed by atoms with Crippen molar-refractivity contribution in [2.75, 3.05) is 6.61 Å². The normalized spacial score (nSPS) is 10.6. The molecular formula is C16H14N2O4. The second-order valence-electron chi connectivity index (χ2n) is 4.33. The van der Waals surface area contributed by atoms with Gasteiger partial charge in [0.15, 0.2) is 6.29 Å². The van der Waals surface area contributed by atoms with E-state index < -0.39 is 5.97 Å². The van der Waals surface area contributed by atoms with Gasteiger partial charge in [-0.3, -0.25) is 4.79 Å². The Labute approximate surface area is 127 Å². The predicted molar refractivity (Wildman–Crippen MR) is 80.1 cm³/mol. The molecule has 0 bridgehead atoms. The molecule has 0 radical (unpaired) electrons. The SMILES string of the molecule is CCOC(=O)c1cccc(N=Nc2ccc(O)c(C=O)c2)c1. The number of benzene rings is 2. The van der Waals surface area contributed by atoms with Crippen LogP contribution in [0.1, 0.15) is 27.6 Å². The summed E-state index contributed by atoms with van der Waals surface area (Å²) in [6, 6.07) is 10.9. The van der Waals surface area contributed by atoms with Crippen LogP contribution in [0.15, 0.2) is 52.7 Å². The van der Waals surface area contributed by atoms with E-state index in [0.717, 1.165) is 0 Å². The highest BCUT2D eigenvalue weighted by Gasteiger charge is 2.06. The molecule has 0 amide bonds. The van der Waals surface area contributed by atoms with Crippen molar-refractivity contribution in [1.29, 1.82) is 0 Å². The van der Waals surface area contributed by atoms with Crippen LogP contribution < -0.4 is 0 Å². The van der Waals surface area contributed by atoms with Crippen LogP contribution in [-0.2, 0) is 4.74 Å². The van der Waals surface area contributed by atoms with E-state index in [9.17, 15) is 14.7 Å². The number of esters is 1. The Balaban J connectivity index is 2.21. The van der Waals surface area contributed by atoms with Crippen molar-refractivity contribution < 1.29 is 19.4 Å². The minimum atomic E-state index is -0.424. The zero-order valence-electron chi connectivity index (χ0n) is 11.9. The zero-order valence-corrected chi connectivity index (χ0v) is 11.9. The van der Waals surface area contributed by atoms with Gasteiger partial charge in [-0.25, -0.2) is 4.79 Å². The summed E-state index contributed by atoms with van der Waals surface area (Å²) in [7, 11) is 0. The highest BCUT2D eigenvalue weighted by atomic mass is 16.5. The van der Waals surface area contributed by atoms with Crippen LogP contribution in [-0.4, -0.2) is 24.0 Å². The molecule has 2 rings (SSSR count). The van der Waals surface area contributed by atoms with Crippen molar-refractivity contribution in [2.45, 2.75) is 6.92 Å². The van der Waals surface area contributed by atoms with Crippen LogP contribution in [0, 0.1) is 0 Å². The van der Waals surface area contributed by atoms with E-state index in [1.807, 2.05) is 0 Å². The number of aldehydes is 1. The standard InChI is InChI=1S/C16H14N2O4/c1-2-22-16(21)11-4-3-5-13(8-11)17-18-14-6-7-15(20)12(9-14)10-19/h3-10,20H,2H2,1H3. The smallest absolute Gasteiger partial charge is 0.338 e. The Bertz CT molecular complexity index is 726. The lowest BCUT2D eigenvalue weighted by Gasteiger charge is -2.02. The maximum atomic E-state index is 11.6. The van der Waals surface area contributed by atoms with Crippen LogP contribution >= 0.6 is 0 Å². The summed E-state index contributed by atoms with van der Waals surface area (Å²) >= 11 is 0. The Hall–Kier alpha value is -3.02. The summed E-state index contributed by atoms with van der Waals surface area (Å²) in [6.45, 7) is 2.03. The fourth-order valence-corrected chi connectivity index (χ4v) is 1.72. The molecule has 0 fully saturated rings. The first kappa shape index (κ1) is 15.4. The van der Waals surface area contributed by atoms with Gasteiger partial charge in [-0.2, -0.15) is 10.2 Å². The van der Waals surface area contributed by atoms with E-state index in [2.05, 4.69) is 10.2 Å². The van der Waals surface area contributed by atoms with Crippen LogP contribution in [0.5, 0.6) is 5.75 Å². The summed E-state index contributed by atoms with van der Waals surface area (Å²) in [4.78, 5) is 22.4. The molecule has 6 heteroatoms. The molecular weight excluding hydrogens is 284 g/mol. The molecule has 0 saturated heterocycles. The monoisotopic (exact) mass is 298 g/mol. The molecule has 0 unspecified atom stereocenters. The van der Waals surface area contributed by atoms with E-state index in [-0.39, 0.29) is 11.3 Å². The van der Waals surface area contributed by atoms with Gasteiger partial charge in [0.05, 0.1) is 29.1 Å². The Kier molecular flexibility index (Phi) is 4.98. The third-order valence-electron chi connectivity index (χ3n) is 2.78. The van der Waals surface area contributed by atoms with Crippen LogP contribution in [0.25, 0.3) is 0 Å². The van der Waals surface area contributed by atoms with E-state index in [1.54, 1.807) is 31.2 Å². The largest absolute Gasteiger partial charge is 0.507 e. The summed E-state index contributed by atoms with van der Waals surface area (Å²) < 4.78 is 4.91. The molecule has 2 aromatic rings. The van der Waals surface area contributed by atoms with Crippen LogP contribution in [0.2, 0.25) is 0 Å². The maximum Gasteiger partial charge on any atom is 0.338 e. The zero-order chi connectivity index (χ0) is 15.9. The number of hydrogen-bond acceptors (Lipinski definition) is 6. The predicted octanol–water partition coefficient (Wildman–Crippen LogP) is 3.80. The molecule has 2 aromatic carbocycles. The molecule has 0 heterocycles. The number of phenolic OH excluding ortho intramolecular Hbond substituents is 1. The molecule has 112 valence electrons. The van der Waals surface area contributed by atoms with E-state index in [0.29, 0.717) is 29.8 Å². The highest BCUT2D eigenvalue weighted by Crippen LogP contribution is 2.24. The average Bonchev–Trinajstić information content (AvgIpc) is 2.54. The molecule has 0 atom stereocenters. The lowest BCUT2D eigenvalue weighted by Crippen LogP contribution is -2.03. The second-order valence-corrected chi connectivity index (χ2v) is 4.33. The van der Waals surface area contributed by atoms with Gasteiger partial charge in [-0.15, -0.1) is 0 Å². The van der Waals surface area contributed by atoms with Gasteiger partial charge in [0.2, 0.25) is 0 Å². The third kappa shape index (κ3) is 3.76. The van der Waals surface area contributed by atoms with Gasteiger partial charge < -0.3 is 9.84 Å². The lowest BCUT2D eigenvalue weighted by molar-refractivity contribution is 0.0526. The Morgan fingerprint density at radius 1 is 1.18 bits per heavy atom. The van der Waals surface area contributed by atoms with Crippen LogP contribution in [0.4, 0.5) is 11.4 Å². The van der Waals surface area contributed by atoms with Crippen molar-refractivity contribution in [3.05, 3.63) is 53.6 Å². The van der Waals surface area contributed by atoms with E-state index in [4.69, 9.17) is 4.74 Å². The minimum absolute atomic E-state index is 0.113. The summed E-state index contributed by atoms with van der Waals surface area (Å²) in [5.74, 6) is -0.536. The summed E-state index contributed by atoms with van der Waals surface area (Å²) in [6.07, 6.45) is 0.537. The van der Waals surface area contributed by atoms with Gasteiger partial charge in [0.25, 0.3) is 0 Å². The number of aromatic hydroxyl groups is 1. The Morgan fingerprint density at radius 2 is 1.91 bits per heavy atom. The molecule has 0 aromatic heterocycles. The average molecular weight is 298 g/mol. The molecule has 0 spiro atoms. The lowest BCUT2D eigenvalue weighted by atomic mass is 10.2. The molecule has 6 nitrogen and oxygen atoms in total. The molecule has 0 aliphatic heterocycles. The van der Waals surface area contributed by atoms with Crippen molar-refractivity contribution in [3.63, 3.8) is 0 Å². The van der Waals surface area contributed by atoms with Gasteiger partial charge in [0, 0.05) is 0 Å². The van der Waals surface area contributed by atoms with Crippen molar-refractivity contribution in [2.24, 2.45) is 10.2 Å². The number of azo groups is 1. The van der Waals surface area contributed by atoms with Gasteiger partial charge in [-0.1, -0.05) is 6.07 Å². The number of nitrogens with zero attached hydrogens (tertiary/aromatic N) is 2. The highest BCUT2D eigenvalue weighted by molar-refractivity contribution is 5.90. The molecule has 22 heavy (non-hydrogen) atoms. The van der Waals surface area contributed by atoms with Gasteiger partial charge in [-0.05, 0) is 43.3 Å². The number of ether oxygens (including phenoxy) is 1. The quantitative estimate of drug-likeness (QED) is 0.516. The van der Waals surface area contributed by atoms with Gasteiger partial charge in [0.1, 0.15) is 5.75 Å². The summed E-state index contributed by atoms with van der Waals surface area (Å²) in [5.41, 5.74) is 1.42. The minimum Gasteiger partial charge on any atom is -0.507 e. The fourth-order valence-electron chi connectivity index (χ4n) is 1.72. The number of phenols is 1. The molecule has 0 aliphatic rings. The molecule has 0 saturated carbocycles. The number of carbonyl (C=O) groups excluding carboxylic acids is 2. The van der Waals surface area contributed by atoms with Crippen molar-refractivity contribution in [1.82, 2.24) is 0 Å². The number of carbonyl (C=O) groups is 2. The molecule has 0 aliphatic carbocycles. The van der Waals surface area contributed by atoms with Gasteiger partial charge >= 0.3 is 5.97 Å². The maximum absolute atomic E-state index is 11.6. The van der Waals surface area contributed by atoms with E-state index >= 15 is 0 Å². The number of rotatable bonds is 5. The van der Waals surface area contributed by atoms with Crippen molar-refractivity contribution >= 4 is 23.6 Å². The fraction of sp³-hybridized carbons (Fsp3) is 0.125. The van der Waals surface area contributed by atoms with Crippen molar-refractivity contribution in [3.8, 4) is 5.75 Å². The third-order valence-corrected chi connectivity index (χ3v) is 2.78. The number of hydrogen-bond donors (Lipinski definition) is 1. The molecule has 1 N–H and O–H groups in total. The second kappa shape index (κ2) is 7.12. The summed E-state index contributed by atoms with van der Waals surface area (Å²) in [5, 5.41) is 17.4. The van der Waals surface area contributed by atoms with Crippen LogP contribution in [0.3, 0.4) is 0 Å². The first-order valence-corrected chi connectivity index (χ1v) is 6.61. The topological polar surface area (TPSA) is 88.3 Å². The first-order chi connectivity index (χ1) is 10.6. The van der Waals surface area contributed by atoms with E-state index in [1.165, 1.54) is 18.2 Å².